The van der Waals surface area contributed by atoms with Crippen molar-refractivity contribution < 1.29 is 94.0 Å². The number of nitrogens with zero attached hydrogens (tertiary/aromatic N) is 5. The van der Waals surface area contributed by atoms with Crippen LogP contribution in [0.5, 0.6) is 17.2 Å². The number of esters is 1. The number of carboxylic acid groups (broad SMARTS) is 1. The summed E-state index contributed by atoms with van der Waals surface area (Å²) in [5.41, 5.74) is -0.522. The lowest BCUT2D eigenvalue weighted by Crippen LogP contribution is -2.59. The smallest absolute Gasteiger partial charge is 0.408 e. The first kappa shape index (κ1) is 96.2. The van der Waals surface area contributed by atoms with Gasteiger partial charge in [0.25, 0.3) is 10.1 Å². The van der Waals surface area contributed by atoms with E-state index in [4.69, 9.17) is 75.2 Å². The number of rotatable bonds is 31. The number of aliphatic carboxylic acids is 1. The molecule has 3 aromatic carbocycles. The molecule has 7 aromatic rings. The van der Waals surface area contributed by atoms with E-state index in [2.05, 4.69) is 88.0 Å². The molecule has 8 aliphatic rings. The Bertz CT molecular complexity index is 5550. The maximum atomic E-state index is 14.7. The predicted octanol–water partition coefficient (Wildman–Crippen LogP) is 14.3. The number of likely N-dealkylation sites (tertiary alicyclic amines) is 2. The molecule has 4 aromatic heterocycles. The molecule has 690 valence electrons. The van der Waals surface area contributed by atoms with Crippen molar-refractivity contribution in [3.8, 4) is 38.7 Å². The number of thiazole rings is 2. The molecule has 37 heteroatoms. The van der Waals surface area contributed by atoms with Gasteiger partial charge in [-0.15, -0.1) is 35.8 Å². The summed E-state index contributed by atoms with van der Waals surface area (Å²) >= 11 is 19.6. The SMILES string of the molecule is C=C[C@@H]1C[C@]1(NC(=O)[C@@H]1C[C@@H](Oc2cc(-c3nc(C(C)C)cs3)nc3c(Cl)c(OCCOC)ccc23)CN1C(=O)[C@@H](NC(=O)OC1C[C@@H]2C[C@@H]2C1)C(C)(C)C)C(=O)O.C=C[C@@H]1C[C@]1(NC(=O)[C@@H]1C[C@H](OS(=O)(=O)c2ccc(Br)cc2)CN1C(=O)[C@@H](NC(=O)OC1C[C@@H]2C[C@@H]2C1)C(C)(C)C)C(=O)OC.COCCOc1ccc2c(=O)cc(-c3nc(C(C)C)cs3)[nH]c2c1Cl. The molecule has 16 atom stereocenters. The number of hydrogen-bond donors (Lipinski definition) is 6. The van der Waals surface area contributed by atoms with Crippen LogP contribution in [0.3, 0.4) is 0 Å². The van der Waals surface area contributed by atoms with Crippen LogP contribution in [-0.4, -0.2) is 212 Å². The Morgan fingerprint density at radius 1 is 0.617 bits per heavy atom. The quantitative estimate of drug-likeness (QED) is 0.00772. The number of halogens is 3. The minimum atomic E-state index is -4.26. The van der Waals surface area contributed by atoms with Crippen molar-refractivity contribution in [2.24, 2.45) is 46.3 Å². The third kappa shape index (κ3) is 21.8. The van der Waals surface area contributed by atoms with Crippen LogP contribution >= 0.6 is 61.8 Å². The lowest BCUT2D eigenvalue weighted by Gasteiger charge is -2.35. The van der Waals surface area contributed by atoms with E-state index in [0.717, 1.165) is 48.5 Å². The van der Waals surface area contributed by atoms with E-state index in [-0.39, 0.29) is 84.8 Å². The Morgan fingerprint density at radius 2 is 1.09 bits per heavy atom. The van der Waals surface area contributed by atoms with E-state index in [9.17, 15) is 56.7 Å². The summed E-state index contributed by atoms with van der Waals surface area (Å²) in [6, 6.07) is 11.6. The molecule has 15 rings (SSSR count). The van der Waals surface area contributed by atoms with Crippen LogP contribution in [0.4, 0.5) is 9.59 Å². The van der Waals surface area contributed by atoms with Crippen LogP contribution in [0.15, 0.2) is 111 Å². The summed E-state index contributed by atoms with van der Waals surface area (Å²) in [7, 11) is 0.135. The predicted molar refractivity (Wildman–Crippen MR) is 485 cm³/mol. The highest BCUT2D eigenvalue weighted by atomic mass is 79.9. The number of amides is 6. The Labute approximate surface area is 769 Å². The van der Waals surface area contributed by atoms with Gasteiger partial charge in [-0.2, -0.15) is 8.42 Å². The number of carbonyl (C=O) groups excluding carboxylic acids is 7. The molecule has 2 aliphatic heterocycles. The molecule has 31 nitrogen and oxygen atoms in total. The van der Waals surface area contributed by atoms with Crippen LogP contribution in [0, 0.1) is 46.3 Å². The molecule has 6 amide bonds. The van der Waals surface area contributed by atoms with Crippen LogP contribution < -0.4 is 40.9 Å². The summed E-state index contributed by atoms with van der Waals surface area (Å²) in [6.07, 6.45) is 5.28. The summed E-state index contributed by atoms with van der Waals surface area (Å²) in [4.78, 5) is 141. The van der Waals surface area contributed by atoms with Crippen molar-refractivity contribution in [3.63, 3.8) is 0 Å². The fourth-order valence-electron chi connectivity index (χ4n) is 17.1. The third-order valence-electron chi connectivity index (χ3n) is 24.8. The van der Waals surface area contributed by atoms with E-state index in [1.807, 2.05) is 31.5 Å². The van der Waals surface area contributed by atoms with Gasteiger partial charge in [0.2, 0.25) is 23.6 Å². The van der Waals surface area contributed by atoms with Gasteiger partial charge in [0.1, 0.15) is 110 Å². The normalized spacial score (nSPS) is 25.1. The van der Waals surface area contributed by atoms with Gasteiger partial charge in [0.15, 0.2) is 5.43 Å². The molecule has 2 saturated heterocycles. The molecule has 0 spiro atoms. The van der Waals surface area contributed by atoms with Crippen LogP contribution in [0.25, 0.3) is 43.2 Å². The zero-order valence-corrected chi connectivity index (χ0v) is 79.3. The number of aromatic nitrogens is 4. The van der Waals surface area contributed by atoms with Gasteiger partial charge in [-0.3, -0.25) is 28.2 Å². The lowest BCUT2D eigenvalue weighted by molar-refractivity contribution is -0.148. The molecular formula is C91H111BrCl2N10O21S3. The fourth-order valence-corrected chi connectivity index (χ4v) is 20.9. The van der Waals surface area contributed by atoms with Crippen molar-refractivity contribution in [1.82, 2.24) is 51.0 Å². The van der Waals surface area contributed by atoms with E-state index < -0.39 is 122 Å². The summed E-state index contributed by atoms with van der Waals surface area (Å²) in [5, 5.41) is 28.3. The first-order chi connectivity index (χ1) is 60.6. The molecular weight excluding hydrogens is 1820 g/mol. The van der Waals surface area contributed by atoms with Gasteiger partial charge in [-0.25, -0.2) is 34.1 Å². The maximum Gasteiger partial charge on any atom is 0.408 e. The van der Waals surface area contributed by atoms with Gasteiger partial charge in [0, 0.05) is 83.6 Å². The molecule has 6 aliphatic carbocycles. The summed E-state index contributed by atoms with van der Waals surface area (Å²) in [6.45, 7) is 27.7. The van der Waals surface area contributed by atoms with E-state index in [1.165, 1.54) is 64.2 Å². The van der Waals surface area contributed by atoms with E-state index in [1.54, 1.807) is 89.6 Å². The van der Waals surface area contributed by atoms with E-state index in [0.29, 0.717) is 114 Å². The Morgan fingerprint density at radius 3 is 1.57 bits per heavy atom. The number of carbonyl (C=O) groups is 8. The van der Waals surface area contributed by atoms with Crippen molar-refractivity contribution in [2.45, 2.75) is 210 Å². The highest BCUT2D eigenvalue weighted by Gasteiger charge is 2.64. The number of nitrogens with one attached hydrogen (secondary N) is 5. The highest BCUT2D eigenvalue weighted by Crippen LogP contribution is 2.54. The second kappa shape index (κ2) is 39.4. The minimum absolute atomic E-state index is 0.0258. The van der Waals surface area contributed by atoms with Gasteiger partial charge >= 0.3 is 24.1 Å². The zero-order chi connectivity index (χ0) is 92.6. The first-order valence-electron chi connectivity index (χ1n) is 42.9. The molecule has 0 radical (unpaired) electrons. The Kier molecular flexibility index (Phi) is 29.6. The summed E-state index contributed by atoms with van der Waals surface area (Å²) in [5.74, 6) is -0.888. The number of aromatic amines is 1. The zero-order valence-electron chi connectivity index (χ0n) is 73.8. The first-order valence-corrected chi connectivity index (χ1v) is 47.6. The molecule has 128 heavy (non-hydrogen) atoms. The molecule has 2 unspecified atom stereocenters. The molecule has 6 saturated carbocycles. The standard InChI is InChI=1S/C42H52ClN5O9S.C31H40BrN3O9S.C18H19ClN2O3S/c1-8-24-18-42(24,39(51)52)47-36(49)30-16-26(19-48(30)38(50)35(41(4,5)6)46-40(53)57-25-14-22-13-23(22)15-25)56-32-17-28(37-45-29(20-58-37)21(2)3)44-34-27(32)9-10-31(33(34)43)55-12-11-54-7;1-6-19-15-31(19,28(38)42-5)34-26(36)24-14-22(44-45(40,41)23-9-7-20(32)8-10-23)16-35(24)27(37)25(30(2,3)4)33-29(39)43-21-12-17-11-18(17)13-21;1-10(2)13-9-25-18(21-13)12-8-14(22)11-4-5-15(24-7-6-23-3)16(19)17(11)20-12/h8-10,17,20-26,30,35H,1,11-16,18-19H2,2-7H3,(H,46,53)(H,47,49)(H,51,52);6-10,17-19,21-22,24-25H,1,11-16H2,2-5H3,(H,33,39)(H,34,36);4-5,8-10H,6-7H2,1-3H3,(H,20,22)/t22-,23+,24-,25?,26-,30+,35-,42-;17-,18+,19-,21?,22+,24+,25-,31-;/m11./s1. The molecule has 8 fully saturated rings. The monoisotopic (exact) mass is 1920 g/mol. The van der Waals surface area contributed by atoms with Crippen molar-refractivity contribution >= 4 is 141 Å². The second-order valence-corrected chi connectivity index (χ2v) is 41.8. The maximum absolute atomic E-state index is 14.7. The van der Waals surface area contributed by atoms with E-state index >= 15 is 0 Å². The number of carboxylic acids is 1. The third-order valence-corrected chi connectivity index (χ3v) is 29.2. The number of fused-ring (bicyclic) bond motifs is 4. The largest absolute Gasteiger partial charge is 0.490 e. The van der Waals surface area contributed by atoms with Gasteiger partial charge in [0.05, 0.1) is 66.0 Å². The minimum Gasteiger partial charge on any atom is -0.490 e. The number of alkyl carbamates (subject to hydrolysis) is 2. The van der Waals surface area contributed by atoms with Gasteiger partial charge in [-0.1, -0.05) is 121 Å². The van der Waals surface area contributed by atoms with Gasteiger partial charge < -0.3 is 79.1 Å². The van der Waals surface area contributed by atoms with Crippen LogP contribution in [0.1, 0.15) is 157 Å². The second-order valence-electron chi connectivity index (χ2n) is 36.8. The average Bonchev–Trinajstić information content (AvgIpc) is 1.57. The number of pyridine rings is 2. The van der Waals surface area contributed by atoms with Crippen molar-refractivity contribution in [1.29, 1.82) is 0 Å². The van der Waals surface area contributed by atoms with Crippen molar-refractivity contribution in [2.75, 3.05) is 60.8 Å². The van der Waals surface area contributed by atoms with Gasteiger partial charge in [-0.05, 0) is 146 Å². The number of ether oxygens (including phenoxy) is 8. The summed E-state index contributed by atoms with van der Waals surface area (Å²) < 4.78 is 77.2. The van der Waals surface area contributed by atoms with Crippen molar-refractivity contribution in [3.05, 3.63) is 133 Å². The number of H-pyrrole nitrogens is 1. The molecule has 0 bridgehead atoms. The highest BCUT2D eigenvalue weighted by molar-refractivity contribution is 9.10. The fraction of sp³-hybridized carbons (Fsp3) is 0.538. The number of benzene rings is 3. The molecule has 6 N–H and O–H groups in total. The molecule has 6 heterocycles. The number of hydrogen-bond acceptors (Lipinski definition) is 25. The number of methoxy groups -OCH3 is 3. The Balaban J connectivity index is 0.000000177. The van der Waals surface area contributed by atoms with Crippen LogP contribution in [0.2, 0.25) is 10.0 Å². The lowest BCUT2D eigenvalue weighted by atomic mass is 9.85. The Hall–Kier alpha value is -9.33. The average molecular weight is 1930 g/mol. The topological polar surface area (TPSA) is 400 Å². The van der Waals surface area contributed by atoms with Crippen LogP contribution in [-0.2, 0) is 66.8 Å².